The van der Waals surface area contributed by atoms with E-state index < -0.39 is 0 Å². The number of pyridine rings is 1. The summed E-state index contributed by atoms with van der Waals surface area (Å²) >= 11 is 3.38. The molecule has 1 aliphatic rings. The zero-order chi connectivity index (χ0) is 15.6. The van der Waals surface area contributed by atoms with E-state index in [1.807, 2.05) is 18.0 Å². The molecule has 0 aromatic carbocycles. The minimum Gasteiger partial charge on any atom is -0.372 e. The first-order chi connectivity index (χ1) is 9.89. The molecule has 1 saturated carbocycles. The Morgan fingerprint density at radius 1 is 1.43 bits per heavy atom. The lowest BCUT2D eigenvalue weighted by molar-refractivity contribution is 0.0253. The third kappa shape index (κ3) is 3.21. The Balaban J connectivity index is 2.18. The second-order valence-electron chi connectivity index (χ2n) is 5.93. The van der Waals surface area contributed by atoms with Gasteiger partial charge < -0.3 is 15.1 Å². The minimum atomic E-state index is 0.00118. The predicted molar refractivity (Wildman–Crippen MR) is 88.7 cm³/mol. The van der Waals surface area contributed by atoms with Gasteiger partial charge in [-0.3, -0.25) is 4.79 Å². The van der Waals surface area contributed by atoms with Crippen LogP contribution in [0.1, 0.15) is 29.6 Å². The van der Waals surface area contributed by atoms with Crippen LogP contribution in [0.3, 0.4) is 0 Å². The molecular formula is C15H23BrN4O. The number of nitrogens with zero attached hydrogens (tertiary/aromatic N) is 3. The van der Waals surface area contributed by atoms with E-state index in [1.54, 1.807) is 13.2 Å². The SMILES string of the molecule is CNc1ncc(Br)cc1C(=O)N(C)CC1(N(C)C)CCC1. The van der Waals surface area contributed by atoms with E-state index in [4.69, 9.17) is 0 Å². The Bertz CT molecular complexity index is 528. The highest BCUT2D eigenvalue weighted by molar-refractivity contribution is 9.10. The highest BCUT2D eigenvalue weighted by Gasteiger charge is 2.40. The maximum Gasteiger partial charge on any atom is 0.257 e. The van der Waals surface area contributed by atoms with Crippen molar-refractivity contribution >= 4 is 27.7 Å². The van der Waals surface area contributed by atoms with Crippen LogP contribution in [0.15, 0.2) is 16.7 Å². The number of carbonyl (C=O) groups is 1. The van der Waals surface area contributed by atoms with E-state index >= 15 is 0 Å². The van der Waals surface area contributed by atoms with Crippen molar-refractivity contribution in [3.63, 3.8) is 0 Å². The molecule has 1 aromatic heterocycles. The molecule has 1 amide bonds. The van der Waals surface area contributed by atoms with Crippen LogP contribution in [-0.4, -0.2) is 61.0 Å². The van der Waals surface area contributed by atoms with E-state index in [0.29, 0.717) is 11.4 Å². The van der Waals surface area contributed by atoms with Crippen LogP contribution >= 0.6 is 15.9 Å². The standard InChI is InChI=1S/C15H23BrN4O/c1-17-13-12(8-11(16)9-18-13)14(21)20(4)10-15(19(2)3)6-5-7-15/h8-9H,5-7,10H2,1-4H3,(H,17,18). The summed E-state index contributed by atoms with van der Waals surface area (Å²) in [6.07, 6.45) is 5.22. The van der Waals surface area contributed by atoms with Crippen LogP contribution < -0.4 is 5.32 Å². The molecule has 1 aromatic rings. The second kappa shape index (κ2) is 6.32. The van der Waals surface area contributed by atoms with Gasteiger partial charge in [-0.2, -0.15) is 0 Å². The van der Waals surface area contributed by atoms with Crippen molar-refractivity contribution in [3.05, 3.63) is 22.3 Å². The molecule has 6 heteroatoms. The monoisotopic (exact) mass is 354 g/mol. The van der Waals surface area contributed by atoms with Crippen molar-refractivity contribution < 1.29 is 4.79 Å². The summed E-state index contributed by atoms with van der Waals surface area (Å²) in [7, 11) is 7.83. The molecule has 0 radical (unpaired) electrons. The van der Waals surface area contributed by atoms with Crippen LogP contribution in [0.4, 0.5) is 5.82 Å². The number of anilines is 1. The van der Waals surface area contributed by atoms with E-state index in [1.165, 1.54) is 6.42 Å². The number of hydrogen-bond donors (Lipinski definition) is 1. The summed E-state index contributed by atoms with van der Waals surface area (Å²) in [5.74, 6) is 0.615. The van der Waals surface area contributed by atoms with Gasteiger partial charge in [0, 0.05) is 36.8 Å². The molecule has 2 rings (SSSR count). The van der Waals surface area contributed by atoms with E-state index in [-0.39, 0.29) is 11.4 Å². The van der Waals surface area contributed by atoms with Crippen molar-refractivity contribution in [3.8, 4) is 0 Å². The first-order valence-electron chi connectivity index (χ1n) is 7.16. The van der Waals surface area contributed by atoms with Crippen LogP contribution in [0, 0.1) is 0 Å². The Hall–Kier alpha value is -1.14. The van der Waals surface area contributed by atoms with Gasteiger partial charge in [0.1, 0.15) is 5.82 Å². The van der Waals surface area contributed by atoms with E-state index in [9.17, 15) is 4.79 Å². The summed E-state index contributed by atoms with van der Waals surface area (Å²) in [4.78, 5) is 21.0. The number of halogens is 1. The normalized spacial score (nSPS) is 16.5. The number of carbonyl (C=O) groups excluding carboxylic acids is 1. The summed E-state index contributed by atoms with van der Waals surface area (Å²) in [5.41, 5.74) is 0.728. The molecule has 1 aliphatic carbocycles. The number of nitrogens with one attached hydrogen (secondary N) is 1. The van der Waals surface area contributed by atoms with Gasteiger partial charge in [0.2, 0.25) is 0 Å². The minimum absolute atomic E-state index is 0.00118. The van der Waals surface area contributed by atoms with Gasteiger partial charge in [0.25, 0.3) is 5.91 Å². The van der Waals surface area contributed by atoms with Crippen molar-refractivity contribution in [2.75, 3.05) is 40.1 Å². The largest absolute Gasteiger partial charge is 0.372 e. The van der Waals surface area contributed by atoms with Crippen molar-refractivity contribution in [1.82, 2.24) is 14.8 Å². The third-order valence-corrected chi connectivity index (χ3v) is 4.87. The first kappa shape index (κ1) is 16.2. The highest BCUT2D eigenvalue weighted by Crippen LogP contribution is 2.37. The Morgan fingerprint density at radius 3 is 2.57 bits per heavy atom. The third-order valence-electron chi connectivity index (χ3n) is 4.43. The topological polar surface area (TPSA) is 48.5 Å². The number of rotatable bonds is 5. The fourth-order valence-corrected chi connectivity index (χ4v) is 3.18. The molecule has 21 heavy (non-hydrogen) atoms. The van der Waals surface area contributed by atoms with Gasteiger partial charge in [-0.15, -0.1) is 0 Å². The lowest BCUT2D eigenvalue weighted by Gasteiger charge is -2.49. The molecule has 0 bridgehead atoms. The summed E-state index contributed by atoms with van der Waals surface area (Å²) < 4.78 is 0.809. The molecular weight excluding hydrogens is 332 g/mol. The molecule has 116 valence electrons. The van der Waals surface area contributed by atoms with Gasteiger partial charge in [-0.1, -0.05) is 0 Å². The summed E-state index contributed by atoms with van der Waals surface area (Å²) in [5, 5.41) is 2.98. The Morgan fingerprint density at radius 2 is 2.10 bits per heavy atom. The molecule has 1 fully saturated rings. The number of likely N-dealkylation sites (N-methyl/N-ethyl adjacent to an activating group) is 2. The van der Waals surface area contributed by atoms with Crippen LogP contribution in [0.25, 0.3) is 0 Å². The lowest BCUT2D eigenvalue weighted by Crippen LogP contribution is -2.57. The predicted octanol–water partition coefficient (Wildman–Crippen LogP) is 2.44. The van der Waals surface area contributed by atoms with Crippen molar-refractivity contribution in [1.29, 1.82) is 0 Å². The Kier molecular flexibility index (Phi) is 4.88. The fraction of sp³-hybridized carbons (Fsp3) is 0.600. The molecule has 1 heterocycles. The molecule has 0 atom stereocenters. The maximum atomic E-state index is 12.7. The average molecular weight is 355 g/mol. The van der Waals surface area contributed by atoms with Crippen LogP contribution in [-0.2, 0) is 0 Å². The molecule has 1 N–H and O–H groups in total. The van der Waals surface area contributed by atoms with Crippen LogP contribution in [0.5, 0.6) is 0 Å². The fourth-order valence-electron chi connectivity index (χ4n) is 2.85. The van der Waals surface area contributed by atoms with Gasteiger partial charge in [-0.25, -0.2) is 4.98 Å². The lowest BCUT2D eigenvalue weighted by atomic mass is 9.75. The number of aromatic nitrogens is 1. The quantitative estimate of drug-likeness (QED) is 0.882. The van der Waals surface area contributed by atoms with E-state index in [2.05, 4.69) is 45.2 Å². The molecule has 0 unspecified atom stereocenters. The summed E-state index contributed by atoms with van der Waals surface area (Å²) in [6.45, 7) is 0.745. The number of hydrogen-bond acceptors (Lipinski definition) is 4. The molecule has 5 nitrogen and oxygen atoms in total. The average Bonchev–Trinajstić information content (AvgIpc) is 2.41. The van der Waals surface area contributed by atoms with Crippen LogP contribution in [0.2, 0.25) is 0 Å². The van der Waals surface area contributed by atoms with Gasteiger partial charge in [-0.05, 0) is 55.4 Å². The first-order valence-corrected chi connectivity index (χ1v) is 7.95. The van der Waals surface area contributed by atoms with Gasteiger partial charge >= 0.3 is 0 Å². The molecule has 0 saturated heterocycles. The second-order valence-corrected chi connectivity index (χ2v) is 6.85. The zero-order valence-electron chi connectivity index (χ0n) is 13.1. The zero-order valence-corrected chi connectivity index (χ0v) is 14.7. The highest BCUT2D eigenvalue weighted by atomic mass is 79.9. The van der Waals surface area contributed by atoms with E-state index in [0.717, 1.165) is 23.9 Å². The Labute approximate surface area is 134 Å². The van der Waals surface area contributed by atoms with Gasteiger partial charge in [0.05, 0.1) is 5.56 Å². The smallest absolute Gasteiger partial charge is 0.257 e. The van der Waals surface area contributed by atoms with Crippen molar-refractivity contribution in [2.24, 2.45) is 0 Å². The maximum absolute atomic E-state index is 12.7. The molecule has 0 aliphatic heterocycles. The number of amides is 1. The van der Waals surface area contributed by atoms with Gasteiger partial charge in [0.15, 0.2) is 0 Å². The molecule has 0 spiro atoms. The van der Waals surface area contributed by atoms with Crippen molar-refractivity contribution in [2.45, 2.75) is 24.8 Å². The summed E-state index contributed by atoms with van der Waals surface area (Å²) in [6, 6.07) is 1.82.